The minimum Gasteiger partial charge on any atom is -0.313 e. The van der Waals surface area contributed by atoms with Crippen molar-refractivity contribution in [2.45, 2.75) is 92.0 Å². The van der Waals surface area contributed by atoms with Crippen molar-refractivity contribution < 1.29 is 0 Å². The molecule has 1 nitrogen and oxygen atoms in total. The zero-order valence-corrected chi connectivity index (χ0v) is 12.9. The summed E-state index contributed by atoms with van der Waals surface area (Å²) in [5.41, 5.74) is 0.401. The van der Waals surface area contributed by atoms with E-state index in [0.717, 1.165) is 6.54 Å². The van der Waals surface area contributed by atoms with E-state index >= 15 is 0 Å². The Morgan fingerprint density at radius 3 is 1.94 bits per heavy atom. The van der Waals surface area contributed by atoms with Gasteiger partial charge in [0.2, 0.25) is 0 Å². The number of rotatable bonds is 10. The van der Waals surface area contributed by atoms with Crippen LogP contribution in [0.25, 0.3) is 0 Å². The van der Waals surface area contributed by atoms with Crippen molar-refractivity contribution >= 4 is 0 Å². The first-order chi connectivity index (χ1) is 8.02. The van der Waals surface area contributed by atoms with Gasteiger partial charge in [-0.25, -0.2) is 0 Å². The second-order valence-corrected chi connectivity index (χ2v) is 6.43. The summed E-state index contributed by atoms with van der Waals surface area (Å²) in [7, 11) is 0. The lowest BCUT2D eigenvalue weighted by Gasteiger charge is -2.32. The van der Waals surface area contributed by atoms with Crippen LogP contribution in [0.2, 0.25) is 0 Å². The van der Waals surface area contributed by atoms with E-state index < -0.39 is 0 Å². The van der Waals surface area contributed by atoms with Gasteiger partial charge in [0.15, 0.2) is 0 Å². The molecule has 0 rings (SSSR count). The molecule has 0 heterocycles. The Morgan fingerprint density at radius 2 is 1.41 bits per heavy atom. The van der Waals surface area contributed by atoms with Crippen LogP contribution in [0.3, 0.4) is 0 Å². The Kier molecular flexibility index (Phi) is 9.91. The molecular formula is C16H35N. The Morgan fingerprint density at radius 1 is 0.824 bits per heavy atom. The maximum atomic E-state index is 3.71. The highest BCUT2D eigenvalue weighted by molar-refractivity contribution is 4.80. The number of hydrogen-bond acceptors (Lipinski definition) is 1. The van der Waals surface area contributed by atoms with Gasteiger partial charge in [-0.15, -0.1) is 0 Å². The van der Waals surface area contributed by atoms with E-state index in [1.54, 1.807) is 0 Å². The van der Waals surface area contributed by atoms with Crippen molar-refractivity contribution in [2.24, 2.45) is 5.41 Å². The average molecular weight is 241 g/mol. The van der Waals surface area contributed by atoms with E-state index in [-0.39, 0.29) is 0 Å². The molecule has 0 amide bonds. The summed E-state index contributed by atoms with van der Waals surface area (Å²) in [6.07, 6.45) is 11.0. The quantitative estimate of drug-likeness (QED) is 0.521. The van der Waals surface area contributed by atoms with Crippen LogP contribution in [0, 0.1) is 5.41 Å². The standard InChI is InChI=1S/C16H35N/c1-6-8-9-10-11-12-13-15(16(3,4)5)17-14-7-2/h15,17H,6-14H2,1-5H3. The molecule has 0 aliphatic carbocycles. The molecule has 0 bridgehead atoms. The van der Waals surface area contributed by atoms with Crippen LogP contribution < -0.4 is 5.32 Å². The van der Waals surface area contributed by atoms with Crippen molar-refractivity contribution in [1.29, 1.82) is 0 Å². The SMILES string of the molecule is CCCCCCCCC(NCCC)C(C)(C)C. The van der Waals surface area contributed by atoms with Crippen molar-refractivity contribution in [3.8, 4) is 0 Å². The molecule has 1 N–H and O–H groups in total. The molecule has 17 heavy (non-hydrogen) atoms. The number of nitrogens with one attached hydrogen (secondary N) is 1. The minimum absolute atomic E-state index is 0.401. The Balaban J connectivity index is 3.69. The van der Waals surface area contributed by atoms with E-state index in [0.29, 0.717) is 11.5 Å². The van der Waals surface area contributed by atoms with Crippen LogP contribution in [0.4, 0.5) is 0 Å². The fraction of sp³-hybridized carbons (Fsp3) is 1.00. The first kappa shape index (κ1) is 17.0. The summed E-state index contributed by atoms with van der Waals surface area (Å²) in [5.74, 6) is 0. The first-order valence-electron chi connectivity index (χ1n) is 7.75. The van der Waals surface area contributed by atoms with Crippen LogP contribution in [0.5, 0.6) is 0 Å². The highest BCUT2D eigenvalue weighted by Gasteiger charge is 2.22. The predicted molar refractivity (Wildman–Crippen MR) is 79.5 cm³/mol. The van der Waals surface area contributed by atoms with Crippen LogP contribution in [-0.2, 0) is 0 Å². The molecule has 0 aromatic rings. The topological polar surface area (TPSA) is 12.0 Å². The van der Waals surface area contributed by atoms with Gasteiger partial charge in [-0.1, -0.05) is 73.1 Å². The molecule has 0 aromatic carbocycles. The maximum Gasteiger partial charge on any atom is 0.0116 e. The lowest BCUT2D eigenvalue weighted by molar-refractivity contribution is 0.249. The van der Waals surface area contributed by atoms with E-state index in [1.165, 1.54) is 51.4 Å². The second-order valence-electron chi connectivity index (χ2n) is 6.43. The molecule has 0 radical (unpaired) electrons. The molecule has 0 saturated heterocycles. The Hall–Kier alpha value is -0.0400. The van der Waals surface area contributed by atoms with Crippen LogP contribution in [-0.4, -0.2) is 12.6 Å². The molecule has 1 unspecified atom stereocenters. The smallest absolute Gasteiger partial charge is 0.0116 e. The molecule has 104 valence electrons. The molecule has 0 spiro atoms. The summed E-state index contributed by atoms with van der Waals surface area (Å²) in [6, 6.07) is 0.689. The summed E-state index contributed by atoms with van der Waals surface area (Å²) < 4.78 is 0. The van der Waals surface area contributed by atoms with Crippen LogP contribution in [0.1, 0.15) is 86.0 Å². The zero-order valence-electron chi connectivity index (χ0n) is 12.9. The van der Waals surface area contributed by atoms with Gasteiger partial charge in [-0.3, -0.25) is 0 Å². The fourth-order valence-electron chi connectivity index (χ4n) is 2.29. The van der Waals surface area contributed by atoms with Crippen LogP contribution >= 0.6 is 0 Å². The third-order valence-corrected chi connectivity index (χ3v) is 3.53. The van der Waals surface area contributed by atoms with Gasteiger partial charge in [-0.2, -0.15) is 0 Å². The van der Waals surface area contributed by atoms with Crippen molar-refractivity contribution in [3.63, 3.8) is 0 Å². The molecular weight excluding hydrogens is 206 g/mol. The van der Waals surface area contributed by atoms with E-state index in [2.05, 4.69) is 39.9 Å². The molecule has 1 heteroatoms. The maximum absolute atomic E-state index is 3.71. The van der Waals surface area contributed by atoms with Crippen molar-refractivity contribution in [1.82, 2.24) is 5.32 Å². The number of hydrogen-bond donors (Lipinski definition) is 1. The Labute approximate surface area is 110 Å². The molecule has 0 fully saturated rings. The monoisotopic (exact) mass is 241 g/mol. The second kappa shape index (κ2) is 9.94. The summed E-state index contributed by atoms with van der Waals surface area (Å²) in [5, 5.41) is 3.71. The third kappa shape index (κ3) is 9.64. The minimum atomic E-state index is 0.401. The first-order valence-corrected chi connectivity index (χ1v) is 7.75. The van der Waals surface area contributed by atoms with Gasteiger partial charge in [0.1, 0.15) is 0 Å². The van der Waals surface area contributed by atoms with Gasteiger partial charge in [0.05, 0.1) is 0 Å². The summed E-state index contributed by atoms with van der Waals surface area (Å²) in [4.78, 5) is 0. The molecule has 0 aromatic heterocycles. The fourth-order valence-corrected chi connectivity index (χ4v) is 2.29. The van der Waals surface area contributed by atoms with Gasteiger partial charge >= 0.3 is 0 Å². The lowest BCUT2D eigenvalue weighted by atomic mass is 9.83. The predicted octanol–water partition coefficient (Wildman–Crippen LogP) is 5.15. The average Bonchev–Trinajstić information content (AvgIpc) is 2.25. The molecule has 1 atom stereocenters. The normalized spacial score (nSPS) is 13.9. The lowest BCUT2D eigenvalue weighted by Crippen LogP contribution is -2.40. The van der Waals surface area contributed by atoms with Gasteiger partial charge in [0, 0.05) is 6.04 Å². The zero-order chi connectivity index (χ0) is 13.1. The van der Waals surface area contributed by atoms with E-state index in [9.17, 15) is 0 Å². The molecule has 0 saturated carbocycles. The highest BCUT2D eigenvalue weighted by atomic mass is 14.9. The largest absolute Gasteiger partial charge is 0.313 e. The molecule has 0 aliphatic heterocycles. The van der Waals surface area contributed by atoms with Crippen molar-refractivity contribution in [2.75, 3.05) is 6.54 Å². The molecule has 0 aliphatic rings. The van der Waals surface area contributed by atoms with Gasteiger partial charge < -0.3 is 5.32 Å². The van der Waals surface area contributed by atoms with Gasteiger partial charge in [0.25, 0.3) is 0 Å². The summed E-state index contributed by atoms with van der Waals surface area (Å²) in [6.45, 7) is 12.8. The van der Waals surface area contributed by atoms with Crippen LogP contribution in [0.15, 0.2) is 0 Å². The number of unbranched alkanes of at least 4 members (excludes halogenated alkanes) is 5. The Bertz CT molecular complexity index is 157. The highest BCUT2D eigenvalue weighted by Crippen LogP contribution is 2.24. The van der Waals surface area contributed by atoms with E-state index in [4.69, 9.17) is 0 Å². The third-order valence-electron chi connectivity index (χ3n) is 3.53. The van der Waals surface area contributed by atoms with Gasteiger partial charge in [-0.05, 0) is 24.8 Å². The summed E-state index contributed by atoms with van der Waals surface area (Å²) >= 11 is 0. The van der Waals surface area contributed by atoms with Crippen molar-refractivity contribution in [3.05, 3.63) is 0 Å². The van der Waals surface area contributed by atoms with E-state index in [1.807, 2.05) is 0 Å².